The molecule has 3 aromatic rings. The summed E-state index contributed by atoms with van der Waals surface area (Å²) in [5.41, 5.74) is 2.73. The highest BCUT2D eigenvalue weighted by atomic mass is 32.2. The molecule has 1 N–H and O–H groups in total. The number of ether oxygens (including phenoxy) is 2. The topological polar surface area (TPSA) is 67.9 Å². The minimum atomic E-state index is -0.533. The van der Waals surface area contributed by atoms with Crippen LogP contribution in [0.15, 0.2) is 82.6 Å². The Morgan fingerprint density at radius 1 is 1.03 bits per heavy atom. The number of hydrogen-bond donors (Lipinski definition) is 1. The van der Waals surface area contributed by atoms with E-state index in [0.29, 0.717) is 29.4 Å². The van der Waals surface area contributed by atoms with E-state index in [1.54, 1.807) is 29.2 Å². The largest absolute Gasteiger partial charge is 0.351 e. The number of carbonyl (C=O) groups is 2. The van der Waals surface area contributed by atoms with Crippen molar-refractivity contribution in [3.8, 4) is 0 Å². The first-order chi connectivity index (χ1) is 18.0. The van der Waals surface area contributed by atoms with Crippen LogP contribution in [0, 0.1) is 5.82 Å². The number of thioether (sulfide) groups is 1. The molecule has 0 fully saturated rings. The van der Waals surface area contributed by atoms with Gasteiger partial charge < -0.3 is 19.7 Å². The second kappa shape index (κ2) is 12.7. The Hall–Kier alpha value is -3.46. The Labute approximate surface area is 220 Å². The van der Waals surface area contributed by atoms with Crippen molar-refractivity contribution in [3.63, 3.8) is 0 Å². The van der Waals surface area contributed by atoms with Crippen molar-refractivity contribution in [1.29, 1.82) is 0 Å². The average Bonchev–Trinajstić information content (AvgIpc) is 2.91. The number of nitrogens with one attached hydrogen (secondary N) is 1. The lowest BCUT2D eigenvalue weighted by Gasteiger charge is -2.31. The van der Waals surface area contributed by atoms with Gasteiger partial charge in [-0.25, -0.2) is 4.39 Å². The van der Waals surface area contributed by atoms with Gasteiger partial charge in [-0.3, -0.25) is 9.59 Å². The maximum absolute atomic E-state index is 13.6. The Bertz CT molecular complexity index is 1260. The third kappa shape index (κ3) is 6.85. The van der Waals surface area contributed by atoms with Crippen molar-refractivity contribution < 1.29 is 23.5 Å². The third-order valence-corrected chi connectivity index (χ3v) is 6.75. The summed E-state index contributed by atoms with van der Waals surface area (Å²) in [5.74, 6) is -0.821. The van der Waals surface area contributed by atoms with Gasteiger partial charge in [-0.2, -0.15) is 0 Å². The SMILES string of the molecule is CCOC(CNC(=O)c1ccc2c(c1)N(Cc1ccc(F)cc1)C(=O)/C(=C/c1ccccc1)S2)OCC. The molecule has 8 heteroatoms. The summed E-state index contributed by atoms with van der Waals surface area (Å²) in [6.45, 7) is 5.10. The van der Waals surface area contributed by atoms with Gasteiger partial charge in [0.1, 0.15) is 5.82 Å². The zero-order chi connectivity index (χ0) is 26.2. The van der Waals surface area contributed by atoms with Crippen molar-refractivity contribution in [2.75, 3.05) is 24.7 Å². The van der Waals surface area contributed by atoms with E-state index < -0.39 is 6.29 Å². The van der Waals surface area contributed by atoms with Crippen molar-refractivity contribution in [3.05, 3.63) is 100 Å². The minimum absolute atomic E-state index is 0.184. The lowest BCUT2D eigenvalue weighted by molar-refractivity contribution is -0.131. The van der Waals surface area contributed by atoms with Gasteiger partial charge in [0.05, 0.1) is 23.7 Å². The Morgan fingerprint density at radius 3 is 2.41 bits per heavy atom. The van der Waals surface area contributed by atoms with Crippen molar-refractivity contribution in [1.82, 2.24) is 5.32 Å². The predicted octanol–water partition coefficient (Wildman–Crippen LogP) is 5.63. The van der Waals surface area contributed by atoms with Crippen LogP contribution in [-0.2, 0) is 20.8 Å². The summed E-state index contributed by atoms with van der Waals surface area (Å²) in [4.78, 5) is 29.6. The number of rotatable bonds is 10. The Kier molecular flexibility index (Phi) is 9.11. The third-order valence-electron chi connectivity index (χ3n) is 5.67. The van der Waals surface area contributed by atoms with Crippen molar-refractivity contribution in [2.45, 2.75) is 31.6 Å². The van der Waals surface area contributed by atoms with E-state index in [9.17, 15) is 14.0 Å². The zero-order valence-electron chi connectivity index (χ0n) is 20.8. The fourth-order valence-corrected chi connectivity index (χ4v) is 4.94. The van der Waals surface area contributed by atoms with E-state index in [1.807, 2.05) is 56.3 Å². The highest BCUT2D eigenvalue weighted by Gasteiger charge is 2.30. The summed E-state index contributed by atoms with van der Waals surface area (Å²) in [6, 6.07) is 21.0. The first-order valence-corrected chi connectivity index (χ1v) is 13.0. The van der Waals surface area contributed by atoms with Gasteiger partial charge in [0, 0.05) is 23.7 Å². The van der Waals surface area contributed by atoms with Crippen LogP contribution in [0.1, 0.15) is 35.3 Å². The molecular formula is C29H29FN2O4S. The average molecular weight is 521 g/mol. The summed E-state index contributed by atoms with van der Waals surface area (Å²) in [5, 5.41) is 2.85. The lowest BCUT2D eigenvalue weighted by atomic mass is 10.1. The molecule has 1 heterocycles. The first-order valence-electron chi connectivity index (χ1n) is 12.1. The summed E-state index contributed by atoms with van der Waals surface area (Å²) < 4.78 is 24.5. The fourth-order valence-electron chi connectivity index (χ4n) is 3.90. The molecule has 0 unspecified atom stereocenters. The minimum Gasteiger partial charge on any atom is -0.351 e. The number of anilines is 1. The maximum atomic E-state index is 13.6. The molecule has 192 valence electrons. The Morgan fingerprint density at radius 2 is 1.73 bits per heavy atom. The smallest absolute Gasteiger partial charge is 0.265 e. The molecule has 37 heavy (non-hydrogen) atoms. The lowest BCUT2D eigenvalue weighted by Crippen LogP contribution is -2.36. The number of halogens is 1. The second-order valence-electron chi connectivity index (χ2n) is 8.27. The molecule has 6 nitrogen and oxygen atoms in total. The van der Waals surface area contributed by atoms with Crippen LogP contribution in [-0.4, -0.2) is 37.9 Å². The predicted molar refractivity (Wildman–Crippen MR) is 144 cm³/mol. The molecule has 4 rings (SSSR count). The van der Waals surface area contributed by atoms with Gasteiger partial charge in [-0.15, -0.1) is 0 Å². The summed E-state index contributed by atoms with van der Waals surface area (Å²) in [6.07, 6.45) is 1.32. The summed E-state index contributed by atoms with van der Waals surface area (Å²) >= 11 is 1.37. The number of carbonyl (C=O) groups excluding carboxylic acids is 2. The molecule has 3 aromatic carbocycles. The normalized spacial score (nSPS) is 14.2. The molecule has 0 aromatic heterocycles. The van der Waals surface area contributed by atoms with Gasteiger partial charge in [0.25, 0.3) is 11.8 Å². The second-order valence-corrected chi connectivity index (χ2v) is 9.36. The molecule has 0 radical (unpaired) electrons. The molecule has 1 aliphatic rings. The number of benzene rings is 3. The van der Waals surface area contributed by atoms with E-state index in [1.165, 1.54) is 23.9 Å². The monoisotopic (exact) mass is 520 g/mol. The van der Waals surface area contributed by atoms with Gasteiger partial charge in [-0.1, -0.05) is 54.2 Å². The van der Waals surface area contributed by atoms with E-state index in [0.717, 1.165) is 16.0 Å². The summed E-state index contributed by atoms with van der Waals surface area (Å²) in [7, 11) is 0. The molecule has 0 spiro atoms. The number of nitrogens with zero attached hydrogens (tertiary/aromatic N) is 1. The van der Waals surface area contributed by atoms with Crippen LogP contribution in [0.3, 0.4) is 0 Å². The van der Waals surface area contributed by atoms with Crippen LogP contribution in [0.5, 0.6) is 0 Å². The van der Waals surface area contributed by atoms with Crippen LogP contribution < -0.4 is 10.2 Å². The number of amides is 2. The molecule has 0 aliphatic carbocycles. The van der Waals surface area contributed by atoms with E-state index in [2.05, 4.69) is 5.32 Å². The maximum Gasteiger partial charge on any atom is 0.265 e. The highest BCUT2D eigenvalue weighted by Crippen LogP contribution is 2.43. The van der Waals surface area contributed by atoms with Crippen LogP contribution in [0.2, 0.25) is 0 Å². The first kappa shape index (κ1) is 26.6. The standard InChI is InChI=1S/C29H29FN2O4S/c1-3-35-27(36-4-2)18-31-28(33)22-12-15-25-24(17-22)32(19-21-10-13-23(30)14-11-21)29(34)26(37-25)16-20-8-6-5-7-9-20/h5-17,27H,3-4,18-19H2,1-2H3,(H,31,33)/b26-16-. The molecule has 0 bridgehead atoms. The number of hydrogen-bond acceptors (Lipinski definition) is 5. The van der Waals surface area contributed by atoms with Crippen molar-refractivity contribution in [2.24, 2.45) is 0 Å². The molecule has 0 saturated carbocycles. The highest BCUT2D eigenvalue weighted by molar-refractivity contribution is 8.04. The van der Waals surface area contributed by atoms with Gasteiger partial charge in [0.2, 0.25) is 0 Å². The molecule has 0 saturated heterocycles. The van der Waals surface area contributed by atoms with Gasteiger partial charge in [-0.05, 0) is 61.4 Å². The zero-order valence-corrected chi connectivity index (χ0v) is 21.6. The van der Waals surface area contributed by atoms with E-state index >= 15 is 0 Å². The molecule has 1 aliphatic heterocycles. The quantitative estimate of drug-likeness (QED) is 0.277. The molecule has 0 atom stereocenters. The van der Waals surface area contributed by atoms with Gasteiger partial charge in [0.15, 0.2) is 6.29 Å². The molecular weight excluding hydrogens is 491 g/mol. The van der Waals surface area contributed by atoms with E-state index in [-0.39, 0.29) is 30.7 Å². The van der Waals surface area contributed by atoms with Crippen LogP contribution >= 0.6 is 11.8 Å². The van der Waals surface area contributed by atoms with E-state index in [4.69, 9.17) is 9.47 Å². The van der Waals surface area contributed by atoms with Gasteiger partial charge >= 0.3 is 0 Å². The van der Waals surface area contributed by atoms with Crippen LogP contribution in [0.25, 0.3) is 6.08 Å². The number of fused-ring (bicyclic) bond motifs is 1. The van der Waals surface area contributed by atoms with Crippen LogP contribution in [0.4, 0.5) is 10.1 Å². The molecule has 2 amide bonds. The van der Waals surface area contributed by atoms with Crippen molar-refractivity contribution >= 4 is 35.3 Å². The fraction of sp³-hybridized carbons (Fsp3) is 0.241. The Balaban J connectivity index is 1.63.